The van der Waals surface area contributed by atoms with Crippen molar-refractivity contribution in [3.05, 3.63) is 46.0 Å². The number of aliphatic hydroxyl groups excluding tert-OH is 4. The van der Waals surface area contributed by atoms with Crippen LogP contribution in [0.2, 0.25) is 0 Å². The molecule has 0 aliphatic carbocycles. The molecule has 19 heteroatoms. The molecule has 0 aliphatic heterocycles. The Kier molecular flexibility index (Phi) is 61.0. The molecule has 0 saturated carbocycles. The fourth-order valence-corrected chi connectivity index (χ4v) is 0.243. The second-order valence-electron chi connectivity index (χ2n) is 2.17. The Hall–Kier alpha value is -1.28. The monoisotopic (exact) mass is 487 g/mol. The predicted molar refractivity (Wildman–Crippen MR) is 67.0 cm³/mol. The van der Waals surface area contributed by atoms with E-state index < -0.39 is 40.7 Å². The second-order valence-corrected chi connectivity index (χ2v) is 2.17. The molecule has 0 radical (unpaired) electrons. The number of hydrogen-bond donors (Lipinski definition) is 4. The Labute approximate surface area is 159 Å². The minimum absolute atomic E-state index is 0. The van der Waals surface area contributed by atoms with Crippen molar-refractivity contribution in [3.63, 3.8) is 0 Å². The van der Waals surface area contributed by atoms with Crippen LogP contribution in [0.4, 0.5) is 0 Å². The summed E-state index contributed by atoms with van der Waals surface area (Å²) < 4.78 is 0. The van der Waals surface area contributed by atoms with Crippen molar-refractivity contribution in [2.45, 2.75) is 12.2 Å². The minimum Gasteiger partial charge on any atom is -0.457 e. The molecule has 10 N–H and O–H groups in total. The van der Waals surface area contributed by atoms with Gasteiger partial charge in [0.05, 0.1) is 28.5 Å². The van der Waals surface area contributed by atoms with Crippen LogP contribution in [0.1, 0.15) is 0 Å². The summed E-state index contributed by atoms with van der Waals surface area (Å²) in [5.41, 5.74) is 0. The van der Waals surface area contributed by atoms with Crippen LogP contribution in [0.5, 0.6) is 0 Å². The Morgan fingerprint density at radius 3 is 0.783 bits per heavy atom. The van der Waals surface area contributed by atoms with Gasteiger partial charge in [0, 0.05) is 0 Å². The van der Waals surface area contributed by atoms with E-state index in [4.69, 9.17) is 66.4 Å². The van der Waals surface area contributed by atoms with E-state index in [9.17, 15) is 0 Å². The molecule has 0 aliphatic rings. The molecule has 0 spiro atoms. The van der Waals surface area contributed by atoms with Gasteiger partial charge in [0.1, 0.15) is 12.2 Å². The van der Waals surface area contributed by atoms with Gasteiger partial charge in [0.2, 0.25) is 0 Å². The first kappa shape index (κ1) is 43.0. The summed E-state index contributed by atoms with van der Waals surface area (Å²) >= 11 is 0. The molecule has 18 nitrogen and oxygen atoms in total. The van der Waals surface area contributed by atoms with Crippen LogP contribution >= 0.6 is 0 Å². The zero-order valence-electron chi connectivity index (χ0n) is 11.1. The summed E-state index contributed by atoms with van der Waals surface area (Å²) in [4.78, 5) is 24.8. The summed E-state index contributed by atoms with van der Waals surface area (Å²) in [5.74, 6) is 0. The van der Waals surface area contributed by atoms with Gasteiger partial charge < -0.3 is 77.3 Å². The average molecular weight is 487 g/mol. The van der Waals surface area contributed by atoms with Crippen molar-refractivity contribution in [1.29, 1.82) is 0 Å². The zero-order valence-corrected chi connectivity index (χ0v) is 14.8. The maximum Gasteiger partial charge on any atom is 3.00 e. The first-order valence-electron chi connectivity index (χ1n) is 3.94. The van der Waals surface area contributed by atoms with Gasteiger partial charge >= 0.3 is 41.3 Å². The molecule has 0 heterocycles. The van der Waals surface area contributed by atoms with E-state index in [0.717, 1.165) is 0 Å². The zero-order chi connectivity index (χ0) is 17.3. The number of nitrogens with zero attached hydrogens (tertiary/aromatic N) is 3. The summed E-state index contributed by atoms with van der Waals surface area (Å²) in [6, 6.07) is 0. The van der Waals surface area contributed by atoms with Crippen LogP contribution in [0.15, 0.2) is 0 Å². The van der Waals surface area contributed by atoms with Gasteiger partial charge in [-0.15, -0.1) is 0 Å². The molecule has 138 valence electrons. The molecule has 0 rings (SSSR count). The third-order valence-corrected chi connectivity index (χ3v) is 0.818. The molecule has 23 heavy (non-hydrogen) atoms. The molecule has 2 atom stereocenters. The van der Waals surface area contributed by atoms with E-state index >= 15 is 0 Å². The van der Waals surface area contributed by atoms with Gasteiger partial charge in [-0.25, -0.2) is 0 Å². The minimum atomic E-state index is -1.75. The van der Waals surface area contributed by atoms with Crippen LogP contribution in [-0.2, 0) is 11.0 Å². The third kappa shape index (κ3) is 161. The van der Waals surface area contributed by atoms with Crippen molar-refractivity contribution < 1.29 is 87.9 Å². The Morgan fingerprint density at radius 2 is 0.739 bits per heavy atom. The molecular weight excluding hydrogens is 471 g/mol. The van der Waals surface area contributed by atoms with Crippen molar-refractivity contribution in [2.24, 2.45) is 0 Å². The number of rotatable bonds is 3. The Bertz CT molecular complexity index is 217. The van der Waals surface area contributed by atoms with Gasteiger partial charge in [0.25, 0.3) is 0 Å². The van der Waals surface area contributed by atoms with E-state index in [1.54, 1.807) is 0 Å². The van der Waals surface area contributed by atoms with Gasteiger partial charge in [0.15, 0.2) is 0 Å². The summed E-state index contributed by atoms with van der Waals surface area (Å²) in [7, 11) is 0. The molecule has 0 fully saturated rings. The van der Waals surface area contributed by atoms with E-state index in [-0.39, 0.29) is 52.2 Å². The van der Waals surface area contributed by atoms with Crippen LogP contribution in [0.3, 0.4) is 0 Å². The average Bonchev–Trinajstić information content (AvgIpc) is 2.24. The quantitative estimate of drug-likeness (QED) is 0.165. The molecule has 0 aromatic rings. The molecule has 0 aromatic carbocycles. The summed E-state index contributed by atoms with van der Waals surface area (Å²) in [6.07, 6.45) is -2.44. The number of hydrogen-bond acceptors (Lipinski definition) is 13. The van der Waals surface area contributed by atoms with Crippen LogP contribution in [-0.4, -0.2) is 61.1 Å². The van der Waals surface area contributed by atoms with Gasteiger partial charge in [-0.3, -0.25) is 0 Å². The molecular formula is C4H16N3O15Pr+2. The van der Waals surface area contributed by atoms with Crippen molar-refractivity contribution in [2.75, 3.05) is 13.2 Å². The third-order valence-electron chi connectivity index (χ3n) is 0.818. The van der Waals surface area contributed by atoms with E-state index in [2.05, 4.69) is 0 Å². The van der Waals surface area contributed by atoms with E-state index in [1.165, 1.54) is 0 Å². The van der Waals surface area contributed by atoms with Gasteiger partial charge in [-0.2, -0.15) is 0 Å². The van der Waals surface area contributed by atoms with Crippen LogP contribution < -0.4 is 0 Å². The Morgan fingerprint density at radius 1 is 0.652 bits per heavy atom. The van der Waals surface area contributed by atoms with Crippen molar-refractivity contribution in [3.8, 4) is 0 Å². The van der Waals surface area contributed by atoms with E-state index in [0.29, 0.717) is 0 Å². The fourth-order valence-electron chi connectivity index (χ4n) is 0.243. The smallest absolute Gasteiger partial charge is 0.457 e. The van der Waals surface area contributed by atoms with Crippen molar-refractivity contribution >= 4 is 0 Å². The van der Waals surface area contributed by atoms with Crippen LogP contribution in [0, 0.1) is 87.3 Å². The second kappa shape index (κ2) is 32.6. The van der Waals surface area contributed by atoms with Crippen molar-refractivity contribution in [1.82, 2.24) is 0 Å². The largest absolute Gasteiger partial charge is 3.00 e. The molecule has 0 unspecified atom stereocenters. The van der Waals surface area contributed by atoms with E-state index in [1.807, 2.05) is 0 Å². The van der Waals surface area contributed by atoms with Gasteiger partial charge in [-0.05, 0) is 0 Å². The maximum atomic E-state index is 8.47. The standard InChI is InChI=1S/C4H10O4.3NO3.2H2O.Pr/c5-1-3(7)4(8)2-6;3*2-1(3)4;;;/h3-8H,1-2H2;;;;2*1H2;/q;3*-1;;;+3/p+2/t3-,4+;;;;;;. The first-order chi connectivity index (χ1) is 8.91. The topological polar surface area (TPSA) is 346 Å². The fraction of sp³-hybridized carbons (Fsp3) is 1.00. The van der Waals surface area contributed by atoms with Gasteiger partial charge in [-0.1, -0.05) is 0 Å². The molecule has 0 saturated heterocycles. The Balaban J connectivity index is -0.0000000301. The normalized spacial score (nSPS) is 9.39. The molecule has 0 bridgehead atoms. The summed E-state index contributed by atoms with van der Waals surface area (Å²) in [6.45, 7) is -1.05. The first-order valence-corrected chi connectivity index (χ1v) is 3.94. The summed E-state index contributed by atoms with van der Waals surface area (Å²) in [5, 5.41) is 77.4. The molecule has 0 aromatic heterocycles. The number of aliphatic hydroxyl groups is 4. The SMILES string of the molecule is O=[N+]([O-])[O-].O=[N+]([O-])[O-].O=[N+]([O-])[O-].OC[C@@H](O)[C@@H](O)CO.[OH3+].[OH3+].[Pr+3]. The maximum absolute atomic E-state index is 8.47. The van der Waals surface area contributed by atoms with Crippen LogP contribution in [0.25, 0.3) is 0 Å². The molecule has 0 amide bonds. The predicted octanol–water partition coefficient (Wildman–Crippen LogP) is -4.87.